The van der Waals surface area contributed by atoms with Crippen LogP contribution in [0.2, 0.25) is 0 Å². The molecule has 2 heteroatoms. The number of hydrogen-bond acceptors (Lipinski definition) is 2. The van der Waals surface area contributed by atoms with E-state index in [1.54, 1.807) is 6.26 Å². The lowest BCUT2D eigenvalue weighted by Gasteiger charge is -2.13. The number of rotatable bonds is 0. The van der Waals surface area contributed by atoms with Gasteiger partial charge < -0.3 is 4.74 Å². The van der Waals surface area contributed by atoms with Crippen LogP contribution in [0.4, 0.5) is 0 Å². The molecule has 0 bridgehead atoms. The molecule has 0 amide bonds. The summed E-state index contributed by atoms with van der Waals surface area (Å²) in [6.45, 7) is 1.94. The second-order valence-corrected chi connectivity index (χ2v) is 1.80. The fourth-order valence-electron chi connectivity index (χ4n) is 0.523. The first-order chi connectivity index (χ1) is 3.80. The van der Waals surface area contributed by atoms with Gasteiger partial charge in [-0.05, 0) is 18.6 Å². The van der Waals surface area contributed by atoms with Gasteiger partial charge in [0.15, 0.2) is 6.23 Å². The van der Waals surface area contributed by atoms with Gasteiger partial charge in [0.25, 0.3) is 0 Å². The fourth-order valence-corrected chi connectivity index (χ4v) is 0.523. The molecule has 0 aromatic rings. The van der Waals surface area contributed by atoms with Gasteiger partial charge in [-0.15, -0.1) is 0 Å². The number of allylic oxidation sites excluding steroid dienone is 2. The van der Waals surface area contributed by atoms with Gasteiger partial charge in [0.05, 0.1) is 6.26 Å². The van der Waals surface area contributed by atoms with Crippen molar-refractivity contribution in [2.75, 3.05) is 0 Å². The lowest BCUT2D eigenvalue weighted by Crippen LogP contribution is -2.23. The van der Waals surface area contributed by atoms with E-state index in [0.29, 0.717) is 0 Å². The van der Waals surface area contributed by atoms with Crippen molar-refractivity contribution >= 4 is 0 Å². The van der Waals surface area contributed by atoms with E-state index in [4.69, 9.17) is 10.5 Å². The summed E-state index contributed by atoms with van der Waals surface area (Å²) in [6.07, 6.45) is 5.14. The van der Waals surface area contributed by atoms with E-state index in [2.05, 4.69) is 0 Å². The summed E-state index contributed by atoms with van der Waals surface area (Å²) in [6, 6.07) is 0. The number of nitrogens with two attached hydrogens (primary N) is 1. The molecule has 0 saturated carbocycles. The molecule has 1 aliphatic rings. The molecule has 1 rings (SSSR count). The van der Waals surface area contributed by atoms with E-state index in [1.165, 1.54) is 0 Å². The Kier molecular flexibility index (Phi) is 1.35. The Morgan fingerprint density at radius 2 is 2.50 bits per heavy atom. The highest BCUT2D eigenvalue weighted by Crippen LogP contribution is 2.05. The van der Waals surface area contributed by atoms with Crippen molar-refractivity contribution in [1.29, 1.82) is 0 Å². The SMILES string of the molecule is CC1=CC=COC1N. The zero-order valence-electron chi connectivity index (χ0n) is 4.79. The lowest BCUT2D eigenvalue weighted by molar-refractivity contribution is 0.178. The van der Waals surface area contributed by atoms with Gasteiger partial charge in [-0.25, -0.2) is 0 Å². The normalized spacial score (nSPS) is 26.8. The van der Waals surface area contributed by atoms with Gasteiger partial charge >= 0.3 is 0 Å². The molecule has 0 saturated heterocycles. The van der Waals surface area contributed by atoms with Gasteiger partial charge in [-0.2, -0.15) is 0 Å². The highest BCUT2D eigenvalue weighted by molar-refractivity contribution is 5.15. The Hall–Kier alpha value is -0.760. The van der Waals surface area contributed by atoms with Crippen LogP contribution < -0.4 is 5.73 Å². The third kappa shape index (κ3) is 0.898. The fraction of sp³-hybridized carbons (Fsp3) is 0.333. The Labute approximate surface area is 48.6 Å². The maximum atomic E-state index is 5.44. The van der Waals surface area contributed by atoms with Crippen LogP contribution in [-0.4, -0.2) is 6.23 Å². The summed E-state index contributed by atoms with van der Waals surface area (Å²) in [5.41, 5.74) is 6.50. The summed E-state index contributed by atoms with van der Waals surface area (Å²) in [4.78, 5) is 0. The molecule has 1 heterocycles. The maximum absolute atomic E-state index is 5.44. The van der Waals surface area contributed by atoms with E-state index < -0.39 is 0 Å². The van der Waals surface area contributed by atoms with E-state index in [1.807, 2.05) is 19.1 Å². The zero-order valence-corrected chi connectivity index (χ0v) is 4.79. The molecule has 8 heavy (non-hydrogen) atoms. The average molecular weight is 111 g/mol. The van der Waals surface area contributed by atoms with E-state index >= 15 is 0 Å². The molecular weight excluding hydrogens is 102 g/mol. The van der Waals surface area contributed by atoms with Crippen LogP contribution in [0.5, 0.6) is 0 Å². The predicted molar refractivity (Wildman–Crippen MR) is 32.0 cm³/mol. The molecule has 44 valence electrons. The molecule has 1 aliphatic heterocycles. The first kappa shape index (κ1) is 5.38. The summed E-state index contributed by atoms with van der Waals surface area (Å²) < 4.78 is 4.92. The number of ether oxygens (including phenoxy) is 1. The zero-order chi connectivity index (χ0) is 5.98. The Balaban J connectivity index is 2.66. The third-order valence-electron chi connectivity index (χ3n) is 1.11. The minimum Gasteiger partial charge on any atom is -0.479 e. The Morgan fingerprint density at radius 1 is 1.75 bits per heavy atom. The molecule has 0 spiro atoms. The smallest absolute Gasteiger partial charge is 0.169 e. The highest BCUT2D eigenvalue weighted by atomic mass is 16.5. The van der Waals surface area contributed by atoms with Gasteiger partial charge in [-0.1, -0.05) is 6.08 Å². The van der Waals surface area contributed by atoms with Crippen molar-refractivity contribution < 1.29 is 4.74 Å². The van der Waals surface area contributed by atoms with Crippen LogP contribution >= 0.6 is 0 Å². The van der Waals surface area contributed by atoms with Crippen LogP contribution in [0.3, 0.4) is 0 Å². The molecule has 0 aromatic carbocycles. The first-order valence-corrected chi connectivity index (χ1v) is 2.55. The topological polar surface area (TPSA) is 35.2 Å². The molecule has 1 atom stereocenters. The second-order valence-electron chi connectivity index (χ2n) is 1.80. The van der Waals surface area contributed by atoms with Crippen molar-refractivity contribution in [3.8, 4) is 0 Å². The molecule has 1 unspecified atom stereocenters. The summed E-state index contributed by atoms with van der Waals surface area (Å²) >= 11 is 0. The van der Waals surface area contributed by atoms with Gasteiger partial charge in [0.2, 0.25) is 0 Å². The molecule has 0 aromatic heterocycles. The quantitative estimate of drug-likeness (QED) is 0.501. The first-order valence-electron chi connectivity index (χ1n) is 2.55. The Morgan fingerprint density at radius 3 is 2.88 bits per heavy atom. The van der Waals surface area contributed by atoms with Gasteiger partial charge in [0, 0.05) is 0 Å². The summed E-state index contributed by atoms with van der Waals surface area (Å²) in [5.74, 6) is 0. The summed E-state index contributed by atoms with van der Waals surface area (Å²) in [5, 5.41) is 0. The Bertz CT molecular complexity index is 137. The van der Waals surface area contributed by atoms with Crippen molar-refractivity contribution in [2.24, 2.45) is 5.73 Å². The van der Waals surface area contributed by atoms with E-state index in [-0.39, 0.29) is 6.23 Å². The van der Waals surface area contributed by atoms with E-state index in [9.17, 15) is 0 Å². The molecule has 0 aliphatic carbocycles. The predicted octanol–water partition coefficient (Wildman–Crippen LogP) is 0.761. The largest absolute Gasteiger partial charge is 0.479 e. The van der Waals surface area contributed by atoms with E-state index in [0.717, 1.165) is 5.57 Å². The molecular formula is C6H9NO. The number of hydrogen-bond donors (Lipinski definition) is 1. The van der Waals surface area contributed by atoms with Crippen molar-refractivity contribution in [1.82, 2.24) is 0 Å². The van der Waals surface area contributed by atoms with Crippen LogP contribution in [0.25, 0.3) is 0 Å². The van der Waals surface area contributed by atoms with Crippen LogP contribution in [0.15, 0.2) is 24.0 Å². The van der Waals surface area contributed by atoms with Gasteiger partial charge in [-0.3, -0.25) is 5.73 Å². The standard InChI is InChI=1S/C6H9NO/c1-5-3-2-4-8-6(5)7/h2-4,6H,7H2,1H3. The second kappa shape index (κ2) is 2.01. The molecule has 0 fully saturated rings. The molecule has 2 nitrogen and oxygen atoms in total. The minimum atomic E-state index is -0.222. The monoisotopic (exact) mass is 111 g/mol. The molecule has 2 N–H and O–H groups in total. The minimum absolute atomic E-state index is 0.222. The van der Waals surface area contributed by atoms with Crippen LogP contribution in [0.1, 0.15) is 6.92 Å². The van der Waals surface area contributed by atoms with Crippen LogP contribution in [0, 0.1) is 0 Å². The average Bonchev–Trinajstić information content (AvgIpc) is 1.77. The summed E-state index contributed by atoms with van der Waals surface area (Å²) in [7, 11) is 0. The third-order valence-corrected chi connectivity index (χ3v) is 1.11. The van der Waals surface area contributed by atoms with Crippen molar-refractivity contribution in [3.05, 3.63) is 24.0 Å². The lowest BCUT2D eigenvalue weighted by atomic mass is 10.2. The maximum Gasteiger partial charge on any atom is 0.169 e. The van der Waals surface area contributed by atoms with Crippen molar-refractivity contribution in [2.45, 2.75) is 13.2 Å². The highest BCUT2D eigenvalue weighted by Gasteiger charge is 2.03. The van der Waals surface area contributed by atoms with Crippen molar-refractivity contribution in [3.63, 3.8) is 0 Å². The van der Waals surface area contributed by atoms with Gasteiger partial charge in [0.1, 0.15) is 0 Å². The van der Waals surface area contributed by atoms with Crippen LogP contribution in [-0.2, 0) is 4.74 Å². The molecule has 0 radical (unpaired) electrons.